The number of rotatable bonds is 8. The van der Waals surface area contributed by atoms with Crippen molar-refractivity contribution in [1.82, 2.24) is 30.0 Å². The van der Waals surface area contributed by atoms with E-state index in [4.69, 9.17) is 24.2 Å². The van der Waals surface area contributed by atoms with Gasteiger partial charge in [0.1, 0.15) is 23.8 Å². The maximum atomic E-state index is 12.3. The maximum absolute atomic E-state index is 12.3. The van der Waals surface area contributed by atoms with Crippen molar-refractivity contribution < 1.29 is 19.2 Å². The van der Waals surface area contributed by atoms with Crippen molar-refractivity contribution in [2.75, 3.05) is 43.5 Å². The van der Waals surface area contributed by atoms with Gasteiger partial charge in [-0.3, -0.25) is 0 Å². The number of nitrogens with zero attached hydrogens (tertiary/aromatic N) is 6. The summed E-state index contributed by atoms with van der Waals surface area (Å²) in [4.78, 5) is 33.7. The summed E-state index contributed by atoms with van der Waals surface area (Å²) in [6.45, 7) is 7.19. The van der Waals surface area contributed by atoms with E-state index in [1.165, 1.54) is 0 Å². The van der Waals surface area contributed by atoms with E-state index in [1.807, 2.05) is 44.2 Å². The van der Waals surface area contributed by atoms with Gasteiger partial charge in [-0.15, -0.1) is 0 Å². The predicted molar refractivity (Wildman–Crippen MR) is 158 cm³/mol. The molecule has 1 atom stereocenters. The molecule has 0 radical (unpaired) electrons. The van der Waals surface area contributed by atoms with E-state index < -0.39 is 11.5 Å². The topological polar surface area (TPSA) is 151 Å². The largest absolute Gasteiger partial charge is 0.461 e. The highest BCUT2D eigenvalue weighted by atomic mass is 16.5. The average molecular weight is 583 g/mol. The van der Waals surface area contributed by atoms with Gasteiger partial charge in [0.05, 0.1) is 23.9 Å². The Hall–Kier alpha value is -4.42. The molecular weight excluding hydrogens is 548 g/mol. The van der Waals surface area contributed by atoms with E-state index >= 15 is 0 Å². The number of hydrogen-bond donors (Lipinski definition) is 3. The van der Waals surface area contributed by atoms with Crippen molar-refractivity contribution in [1.29, 1.82) is 0 Å². The van der Waals surface area contributed by atoms with Gasteiger partial charge in [-0.2, -0.15) is 9.97 Å². The Balaban J connectivity index is 1.23. The van der Waals surface area contributed by atoms with Gasteiger partial charge >= 0.3 is 5.97 Å². The Labute approximate surface area is 248 Å². The van der Waals surface area contributed by atoms with Crippen molar-refractivity contribution in [2.45, 2.75) is 50.0 Å². The number of aliphatic hydroxyl groups is 1. The first-order chi connectivity index (χ1) is 20.8. The Morgan fingerprint density at radius 3 is 2.51 bits per heavy atom. The molecule has 0 unspecified atom stereocenters. The second-order valence-corrected chi connectivity index (χ2v) is 12.2. The summed E-state index contributed by atoms with van der Waals surface area (Å²) < 4.78 is 11.1. The smallest absolute Gasteiger partial charge is 0.340 e. The van der Waals surface area contributed by atoms with Crippen LogP contribution in [0.15, 0.2) is 53.2 Å². The predicted octanol–water partition coefficient (Wildman–Crippen LogP) is 4.00. The normalized spacial score (nSPS) is 22.9. The van der Waals surface area contributed by atoms with Gasteiger partial charge in [-0.05, 0) is 56.6 Å². The Morgan fingerprint density at radius 1 is 1.00 bits per heavy atom. The maximum Gasteiger partial charge on any atom is 0.340 e. The first-order valence-corrected chi connectivity index (χ1v) is 14.7. The van der Waals surface area contributed by atoms with E-state index in [9.17, 15) is 9.90 Å². The lowest BCUT2D eigenvalue weighted by molar-refractivity contribution is 0.0366. The lowest BCUT2D eigenvalue weighted by atomic mass is 9.71. The zero-order chi connectivity index (χ0) is 29.6. The van der Waals surface area contributed by atoms with Crippen LogP contribution >= 0.6 is 0 Å². The number of nitrogens with one attached hydrogen (secondary N) is 2. The molecule has 3 N–H and O–H groups in total. The van der Waals surface area contributed by atoms with Crippen LogP contribution in [-0.4, -0.2) is 73.9 Å². The molecule has 4 aromatic rings. The molecule has 1 aromatic carbocycles. The van der Waals surface area contributed by atoms with Crippen molar-refractivity contribution in [3.63, 3.8) is 0 Å². The molecule has 12 heteroatoms. The van der Waals surface area contributed by atoms with Crippen molar-refractivity contribution in [3.8, 4) is 11.5 Å². The number of aliphatic hydroxyl groups excluding tert-OH is 1. The fourth-order valence-electron chi connectivity index (χ4n) is 6.22. The summed E-state index contributed by atoms with van der Waals surface area (Å²) in [6.07, 6.45) is 4.67. The molecule has 43 heavy (non-hydrogen) atoms. The van der Waals surface area contributed by atoms with Gasteiger partial charge in [-0.25, -0.2) is 14.8 Å². The lowest BCUT2D eigenvalue weighted by Crippen LogP contribution is -2.51. The summed E-state index contributed by atoms with van der Waals surface area (Å²) >= 11 is 0. The van der Waals surface area contributed by atoms with Crippen molar-refractivity contribution >= 4 is 23.6 Å². The molecule has 0 amide bonds. The van der Waals surface area contributed by atoms with Gasteiger partial charge in [0.15, 0.2) is 5.82 Å². The minimum Gasteiger partial charge on any atom is -0.461 e. The third-order valence-corrected chi connectivity index (χ3v) is 8.89. The number of pyridine rings is 1. The third-order valence-electron chi connectivity index (χ3n) is 8.89. The Kier molecular flexibility index (Phi) is 6.82. The molecule has 3 aromatic heterocycles. The highest BCUT2D eigenvalue weighted by molar-refractivity contribution is 5.92. The number of carbonyl (C=O) groups is 1. The quantitative estimate of drug-likeness (QED) is 0.258. The monoisotopic (exact) mass is 582 g/mol. The van der Waals surface area contributed by atoms with Crippen LogP contribution in [0, 0.1) is 0 Å². The number of benzene rings is 1. The fourth-order valence-corrected chi connectivity index (χ4v) is 6.22. The third kappa shape index (κ3) is 5.10. The van der Waals surface area contributed by atoms with Crippen LogP contribution in [0.3, 0.4) is 0 Å². The molecule has 222 valence electrons. The average Bonchev–Trinajstić information content (AvgIpc) is 3.55. The molecule has 12 nitrogen and oxygen atoms in total. The Bertz CT molecular complexity index is 1630. The number of aromatic nitrogens is 5. The van der Waals surface area contributed by atoms with Gasteiger partial charge in [0.25, 0.3) is 5.89 Å². The van der Waals surface area contributed by atoms with Crippen molar-refractivity contribution in [2.24, 2.45) is 0 Å². The summed E-state index contributed by atoms with van der Waals surface area (Å²) in [6, 6.07) is 12.6. The highest BCUT2D eigenvalue weighted by Gasteiger charge is 2.44. The molecule has 0 spiro atoms. The van der Waals surface area contributed by atoms with Crippen LogP contribution < -0.4 is 10.6 Å². The summed E-state index contributed by atoms with van der Waals surface area (Å²) in [5.41, 5.74) is 2.03. The SMILES string of the molecule is CC1(C)COC(=O)c2ccc(Nc3ncc(-c4nc(C56CCN(CC5)CC6)no4)c(N[C@H](CO)c4ccccc4)n3)nc21. The molecule has 0 saturated carbocycles. The number of ether oxygens (including phenoxy) is 1. The molecule has 4 aliphatic heterocycles. The number of hydrogen-bond acceptors (Lipinski definition) is 12. The van der Waals surface area contributed by atoms with Crippen LogP contribution in [0.5, 0.6) is 0 Å². The highest BCUT2D eigenvalue weighted by Crippen LogP contribution is 2.42. The minimum absolute atomic E-state index is 0.0670. The van der Waals surface area contributed by atoms with E-state index in [1.54, 1.807) is 18.3 Å². The van der Waals surface area contributed by atoms with Crippen LogP contribution in [0.4, 0.5) is 17.6 Å². The Morgan fingerprint density at radius 2 is 1.77 bits per heavy atom. The van der Waals surface area contributed by atoms with E-state index in [0.717, 1.165) is 50.3 Å². The standard InChI is InChI=1S/C31H34N8O4/c1-30(2)18-42-27(41)20-8-9-23(34-24(20)30)35-29-32-16-21(25(36-29)33-22(17-40)19-6-4-3-5-7-19)26-37-28(38-43-26)31-10-13-39(14-11-31)15-12-31/h3-9,16,22,40H,10-15,17-18H2,1-2H3,(H2,32,33,34,35,36)/t22-/m1/s1. The van der Waals surface area contributed by atoms with Crippen LogP contribution in [0.1, 0.15) is 66.6 Å². The molecule has 4 aliphatic rings. The number of cyclic esters (lactones) is 1. The van der Waals surface area contributed by atoms with Crippen molar-refractivity contribution in [3.05, 3.63) is 71.3 Å². The first-order valence-electron chi connectivity index (χ1n) is 14.7. The van der Waals surface area contributed by atoms with Gasteiger partial charge in [0.2, 0.25) is 5.95 Å². The van der Waals surface area contributed by atoms with Gasteiger partial charge in [-0.1, -0.05) is 49.3 Å². The van der Waals surface area contributed by atoms with Crippen LogP contribution in [-0.2, 0) is 15.6 Å². The second kappa shape index (κ2) is 10.7. The van der Waals surface area contributed by atoms with E-state index in [2.05, 4.69) is 25.7 Å². The number of esters is 1. The van der Waals surface area contributed by atoms with Crippen LogP contribution in [0.25, 0.3) is 11.5 Å². The lowest BCUT2D eigenvalue weighted by Gasteiger charge is -2.46. The summed E-state index contributed by atoms with van der Waals surface area (Å²) in [7, 11) is 0. The van der Waals surface area contributed by atoms with E-state index in [-0.39, 0.29) is 30.5 Å². The molecule has 3 saturated heterocycles. The minimum atomic E-state index is -0.444. The second-order valence-electron chi connectivity index (χ2n) is 12.2. The number of piperidine rings is 3. The zero-order valence-corrected chi connectivity index (χ0v) is 24.2. The molecule has 8 rings (SSSR count). The summed E-state index contributed by atoms with van der Waals surface area (Å²) in [5, 5.41) is 21.3. The molecule has 0 aliphatic carbocycles. The van der Waals surface area contributed by atoms with Gasteiger partial charge < -0.3 is 29.9 Å². The van der Waals surface area contributed by atoms with Gasteiger partial charge in [0, 0.05) is 17.0 Å². The number of fused-ring (bicyclic) bond motifs is 4. The molecular formula is C31H34N8O4. The number of carbonyl (C=O) groups excluding carboxylic acids is 1. The van der Waals surface area contributed by atoms with E-state index in [0.29, 0.717) is 34.3 Å². The number of anilines is 3. The molecule has 3 fully saturated rings. The first kappa shape index (κ1) is 27.4. The van der Waals surface area contributed by atoms with Crippen LogP contribution in [0.2, 0.25) is 0 Å². The zero-order valence-electron chi connectivity index (χ0n) is 24.2. The molecule has 2 bridgehead atoms. The fraction of sp³-hybridized carbons (Fsp3) is 0.419. The molecule has 7 heterocycles. The summed E-state index contributed by atoms with van der Waals surface area (Å²) in [5.74, 6) is 1.86.